The maximum absolute atomic E-state index is 9.60. The molecule has 0 amide bonds. The van der Waals surface area contributed by atoms with E-state index in [0.29, 0.717) is 18.8 Å². The van der Waals surface area contributed by atoms with Crippen LogP contribution in [0.5, 0.6) is 11.5 Å². The number of hydrogen-bond donors (Lipinski definition) is 1. The van der Waals surface area contributed by atoms with Gasteiger partial charge in [0.25, 0.3) is 0 Å². The highest BCUT2D eigenvalue weighted by Crippen LogP contribution is 2.17. The number of aryl methyl sites for hydroxylation is 1. The Bertz CT molecular complexity index is 492. The predicted octanol–water partition coefficient (Wildman–Crippen LogP) is 3.32. The minimum Gasteiger partial charge on any atom is -0.508 e. The molecule has 88 valence electrons. The van der Waals surface area contributed by atoms with Crippen LogP contribution in [0.25, 0.3) is 0 Å². The van der Waals surface area contributed by atoms with E-state index < -0.39 is 0 Å². The summed E-state index contributed by atoms with van der Waals surface area (Å²) in [6, 6.07) is 15.3. The van der Waals surface area contributed by atoms with Gasteiger partial charge in [0.15, 0.2) is 0 Å². The van der Waals surface area contributed by atoms with Crippen molar-refractivity contribution in [2.45, 2.75) is 13.3 Å². The fraction of sp³-hybridized carbons (Fsp3) is 0.200. The maximum Gasteiger partial charge on any atom is 0.119 e. The molecule has 0 radical (unpaired) electrons. The van der Waals surface area contributed by atoms with Crippen molar-refractivity contribution in [1.29, 1.82) is 0 Å². The number of benzene rings is 2. The SMILES string of the molecule is Cc1cccc(OCCc2ccccc2O)c1. The standard InChI is InChI=1S/C15H16O2/c1-12-5-4-7-14(11-12)17-10-9-13-6-2-3-8-15(13)16/h2-8,11,16H,9-10H2,1H3. The lowest BCUT2D eigenvalue weighted by Gasteiger charge is -2.07. The number of phenols is 1. The molecular weight excluding hydrogens is 212 g/mol. The van der Waals surface area contributed by atoms with Gasteiger partial charge in [-0.15, -0.1) is 0 Å². The Labute approximate surface area is 101 Å². The Hall–Kier alpha value is -1.96. The lowest BCUT2D eigenvalue weighted by Crippen LogP contribution is -2.01. The molecule has 0 heterocycles. The molecule has 0 fully saturated rings. The molecule has 2 heteroatoms. The zero-order valence-electron chi connectivity index (χ0n) is 9.89. The number of para-hydroxylation sites is 1. The first kappa shape index (κ1) is 11.5. The third-order valence-electron chi connectivity index (χ3n) is 2.62. The van der Waals surface area contributed by atoms with Crippen LogP contribution in [0, 0.1) is 6.92 Å². The Morgan fingerprint density at radius 2 is 1.88 bits per heavy atom. The second-order valence-corrected chi connectivity index (χ2v) is 4.04. The molecule has 0 bridgehead atoms. The number of phenolic OH excluding ortho intramolecular Hbond substituents is 1. The molecule has 0 aliphatic rings. The van der Waals surface area contributed by atoms with Gasteiger partial charge in [0.1, 0.15) is 11.5 Å². The quantitative estimate of drug-likeness (QED) is 0.869. The van der Waals surface area contributed by atoms with Crippen molar-refractivity contribution in [1.82, 2.24) is 0 Å². The Balaban J connectivity index is 1.90. The van der Waals surface area contributed by atoms with Crippen LogP contribution in [-0.4, -0.2) is 11.7 Å². The van der Waals surface area contributed by atoms with E-state index in [1.807, 2.05) is 49.4 Å². The number of hydrogen-bond acceptors (Lipinski definition) is 2. The normalized spacial score (nSPS) is 10.2. The third-order valence-corrected chi connectivity index (χ3v) is 2.62. The van der Waals surface area contributed by atoms with Gasteiger partial charge in [-0.1, -0.05) is 30.3 Å². The summed E-state index contributed by atoms with van der Waals surface area (Å²) >= 11 is 0. The molecule has 0 saturated heterocycles. The topological polar surface area (TPSA) is 29.5 Å². The lowest BCUT2D eigenvalue weighted by atomic mass is 10.1. The Morgan fingerprint density at radius 1 is 1.06 bits per heavy atom. The monoisotopic (exact) mass is 228 g/mol. The summed E-state index contributed by atoms with van der Waals surface area (Å²) in [7, 11) is 0. The van der Waals surface area contributed by atoms with Crippen molar-refractivity contribution in [3.63, 3.8) is 0 Å². The van der Waals surface area contributed by atoms with E-state index in [9.17, 15) is 5.11 Å². The van der Waals surface area contributed by atoms with Crippen molar-refractivity contribution >= 4 is 0 Å². The van der Waals surface area contributed by atoms with Crippen LogP contribution in [-0.2, 0) is 6.42 Å². The molecule has 0 spiro atoms. The Kier molecular flexibility index (Phi) is 3.66. The number of rotatable bonds is 4. The van der Waals surface area contributed by atoms with E-state index in [1.54, 1.807) is 6.07 Å². The van der Waals surface area contributed by atoms with Gasteiger partial charge in [0.2, 0.25) is 0 Å². The third kappa shape index (κ3) is 3.25. The van der Waals surface area contributed by atoms with Crippen LogP contribution < -0.4 is 4.74 Å². The van der Waals surface area contributed by atoms with Crippen molar-refractivity contribution < 1.29 is 9.84 Å². The van der Waals surface area contributed by atoms with Crippen molar-refractivity contribution in [3.05, 3.63) is 59.7 Å². The van der Waals surface area contributed by atoms with Gasteiger partial charge in [-0.25, -0.2) is 0 Å². The molecule has 0 aromatic heterocycles. The highest BCUT2D eigenvalue weighted by molar-refractivity contribution is 5.32. The summed E-state index contributed by atoms with van der Waals surface area (Å²) in [6.45, 7) is 2.61. The van der Waals surface area contributed by atoms with Crippen molar-refractivity contribution in [2.24, 2.45) is 0 Å². The summed E-state index contributed by atoms with van der Waals surface area (Å²) in [4.78, 5) is 0. The molecule has 0 unspecified atom stereocenters. The average Bonchev–Trinajstić information content (AvgIpc) is 2.32. The van der Waals surface area contributed by atoms with Crippen LogP contribution in [0.1, 0.15) is 11.1 Å². The summed E-state index contributed by atoms with van der Waals surface area (Å²) in [5.74, 6) is 1.21. The minimum absolute atomic E-state index is 0.334. The second-order valence-electron chi connectivity index (χ2n) is 4.04. The van der Waals surface area contributed by atoms with E-state index in [2.05, 4.69) is 0 Å². The largest absolute Gasteiger partial charge is 0.508 e. The lowest BCUT2D eigenvalue weighted by molar-refractivity contribution is 0.319. The summed E-state index contributed by atoms with van der Waals surface area (Å²) in [6.07, 6.45) is 0.709. The molecule has 2 rings (SSSR count). The smallest absolute Gasteiger partial charge is 0.119 e. The predicted molar refractivity (Wildman–Crippen MR) is 68.5 cm³/mol. The van der Waals surface area contributed by atoms with E-state index in [1.165, 1.54) is 5.56 Å². The van der Waals surface area contributed by atoms with E-state index in [-0.39, 0.29) is 0 Å². The first-order valence-corrected chi connectivity index (χ1v) is 5.72. The van der Waals surface area contributed by atoms with E-state index in [0.717, 1.165) is 11.3 Å². The zero-order chi connectivity index (χ0) is 12.1. The molecule has 0 atom stereocenters. The van der Waals surface area contributed by atoms with Gasteiger partial charge in [0.05, 0.1) is 6.61 Å². The Morgan fingerprint density at radius 3 is 2.65 bits per heavy atom. The van der Waals surface area contributed by atoms with Crippen molar-refractivity contribution in [3.8, 4) is 11.5 Å². The first-order chi connectivity index (χ1) is 8.25. The van der Waals surface area contributed by atoms with Gasteiger partial charge >= 0.3 is 0 Å². The number of aromatic hydroxyl groups is 1. The molecule has 0 aliphatic heterocycles. The first-order valence-electron chi connectivity index (χ1n) is 5.72. The molecular formula is C15H16O2. The molecule has 2 aromatic rings. The summed E-state index contributed by atoms with van der Waals surface area (Å²) in [5.41, 5.74) is 2.10. The molecule has 17 heavy (non-hydrogen) atoms. The average molecular weight is 228 g/mol. The molecule has 2 aromatic carbocycles. The highest BCUT2D eigenvalue weighted by Gasteiger charge is 2.00. The van der Waals surface area contributed by atoms with Gasteiger partial charge in [-0.05, 0) is 36.2 Å². The second kappa shape index (κ2) is 5.39. The van der Waals surface area contributed by atoms with Crippen LogP contribution in [0.15, 0.2) is 48.5 Å². The van der Waals surface area contributed by atoms with Gasteiger partial charge in [-0.3, -0.25) is 0 Å². The zero-order valence-corrected chi connectivity index (χ0v) is 9.89. The molecule has 1 N–H and O–H groups in total. The summed E-state index contributed by atoms with van der Waals surface area (Å²) < 4.78 is 5.63. The van der Waals surface area contributed by atoms with Crippen LogP contribution in [0.3, 0.4) is 0 Å². The van der Waals surface area contributed by atoms with Crippen LogP contribution in [0.4, 0.5) is 0 Å². The molecule has 2 nitrogen and oxygen atoms in total. The van der Waals surface area contributed by atoms with E-state index >= 15 is 0 Å². The van der Waals surface area contributed by atoms with Gasteiger partial charge < -0.3 is 9.84 Å². The van der Waals surface area contributed by atoms with Gasteiger partial charge in [0, 0.05) is 6.42 Å². The van der Waals surface area contributed by atoms with Gasteiger partial charge in [-0.2, -0.15) is 0 Å². The fourth-order valence-corrected chi connectivity index (χ4v) is 1.71. The minimum atomic E-state index is 0.334. The van der Waals surface area contributed by atoms with Crippen molar-refractivity contribution in [2.75, 3.05) is 6.61 Å². The molecule has 0 aliphatic carbocycles. The fourth-order valence-electron chi connectivity index (χ4n) is 1.71. The van der Waals surface area contributed by atoms with Crippen LogP contribution in [0.2, 0.25) is 0 Å². The number of ether oxygens (including phenoxy) is 1. The maximum atomic E-state index is 9.60. The van der Waals surface area contributed by atoms with Crippen LogP contribution >= 0.6 is 0 Å². The summed E-state index contributed by atoms with van der Waals surface area (Å²) in [5, 5.41) is 9.60. The molecule has 0 saturated carbocycles. The highest BCUT2D eigenvalue weighted by atomic mass is 16.5. The van der Waals surface area contributed by atoms with E-state index in [4.69, 9.17) is 4.74 Å².